The fraction of sp³-hybridized carbons (Fsp3) is 0.692. The molecule has 0 aliphatic heterocycles. The monoisotopic (exact) mass is 270 g/mol. The van der Waals surface area contributed by atoms with Gasteiger partial charge in [-0.1, -0.05) is 6.42 Å². The highest BCUT2D eigenvalue weighted by Crippen LogP contribution is 2.26. The molecule has 1 aliphatic carbocycles. The summed E-state index contributed by atoms with van der Waals surface area (Å²) in [6.07, 6.45) is 4.21. The third-order valence-electron chi connectivity index (χ3n) is 3.41. The molecule has 1 heterocycles. The predicted octanol–water partition coefficient (Wildman–Crippen LogP) is 1.78. The molecule has 0 aromatic carbocycles. The third kappa shape index (κ3) is 3.59. The molecule has 6 heteroatoms. The second-order valence-electron chi connectivity index (χ2n) is 4.81. The molecule has 1 aliphatic rings. The van der Waals surface area contributed by atoms with Crippen LogP contribution in [-0.2, 0) is 12.8 Å². The van der Waals surface area contributed by atoms with Crippen LogP contribution in [0.2, 0.25) is 0 Å². The molecule has 2 N–H and O–H groups in total. The van der Waals surface area contributed by atoms with Crippen molar-refractivity contribution in [1.82, 2.24) is 9.97 Å². The minimum Gasteiger partial charge on any atom is -0.349 e. The van der Waals surface area contributed by atoms with Gasteiger partial charge < -0.3 is 10.6 Å². The maximum absolute atomic E-state index is 12.7. The van der Waals surface area contributed by atoms with Crippen LogP contribution in [0.15, 0.2) is 6.33 Å². The molecule has 106 valence electrons. The summed E-state index contributed by atoms with van der Waals surface area (Å²) in [4.78, 5) is 10.1. The lowest BCUT2D eigenvalue weighted by molar-refractivity contribution is 0.154. The Balaban J connectivity index is 2.30. The number of nitrogens with two attached hydrogens (primary N) is 1. The van der Waals surface area contributed by atoms with E-state index in [1.807, 2.05) is 0 Å². The number of rotatable bonds is 5. The van der Waals surface area contributed by atoms with E-state index >= 15 is 0 Å². The Bertz CT molecular complexity index is 412. The average molecular weight is 270 g/mol. The van der Waals surface area contributed by atoms with Gasteiger partial charge in [0.15, 0.2) is 0 Å². The van der Waals surface area contributed by atoms with Crippen LogP contribution in [0, 0.1) is 0 Å². The van der Waals surface area contributed by atoms with Crippen LogP contribution in [0.1, 0.15) is 30.5 Å². The zero-order valence-electron chi connectivity index (χ0n) is 11.0. The van der Waals surface area contributed by atoms with E-state index in [0.29, 0.717) is 18.9 Å². The summed E-state index contributed by atoms with van der Waals surface area (Å²) in [5.41, 5.74) is 7.57. The number of nitrogens with zero attached hydrogens (tertiary/aromatic N) is 3. The van der Waals surface area contributed by atoms with E-state index in [1.165, 1.54) is 6.33 Å². The smallest absolute Gasteiger partial charge is 0.255 e. The van der Waals surface area contributed by atoms with E-state index in [0.717, 1.165) is 43.4 Å². The topological polar surface area (TPSA) is 55.0 Å². The van der Waals surface area contributed by atoms with Gasteiger partial charge in [0.2, 0.25) is 0 Å². The summed E-state index contributed by atoms with van der Waals surface area (Å²) in [7, 11) is 0. The minimum absolute atomic E-state index is 0.319. The van der Waals surface area contributed by atoms with Crippen molar-refractivity contribution < 1.29 is 8.78 Å². The van der Waals surface area contributed by atoms with Crippen LogP contribution in [0.5, 0.6) is 0 Å². The third-order valence-corrected chi connectivity index (χ3v) is 3.41. The molecule has 0 spiro atoms. The van der Waals surface area contributed by atoms with E-state index in [9.17, 15) is 8.78 Å². The minimum atomic E-state index is -2.39. The van der Waals surface area contributed by atoms with E-state index in [1.54, 1.807) is 4.90 Å². The fourth-order valence-corrected chi connectivity index (χ4v) is 2.56. The summed E-state index contributed by atoms with van der Waals surface area (Å²) in [6.45, 7) is 0.417. The molecule has 0 saturated heterocycles. The van der Waals surface area contributed by atoms with Crippen LogP contribution >= 0.6 is 0 Å². The van der Waals surface area contributed by atoms with Gasteiger partial charge in [0.05, 0.1) is 6.54 Å². The normalized spacial score (nSPS) is 15.2. The highest BCUT2D eigenvalue weighted by atomic mass is 19.3. The summed E-state index contributed by atoms with van der Waals surface area (Å²) in [6, 6.07) is 0. The first-order valence-electron chi connectivity index (χ1n) is 6.78. The number of hydrogen-bond donors (Lipinski definition) is 1. The molecule has 0 saturated carbocycles. The highest BCUT2D eigenvalue weighted by molar-refractivity contribution is 5.49. The van der Waals surface area contributed by atoms with E-state index in [-0.39, 0.29) is 6.54 Å². The number of alkyl halides is 2. The van der Waals surface area contributed by atoms with Crippen LogP contribution in [0.3, 0.4) is 0 Å². The molecule has 0 radical (unpaired) electrons. The van der Waals surface area contributed by atoms with Crippen LogP contribution in [0.25, 0.3) is 0 Å². The molecule has 0 atom stereocenters. The molecule has 19 heavy (non-hydrogen) atoms. The van der Waals surface area contributed by atoms with Crippen molar-refractivity contribution in [1.29, 1.82) is 0 Å². The van der Waals surface area contributed by atoms with Crippen LogP contribution in [-0.4, -0.2) is 36.0 Å². The van der Waals surface area contributed by atoms with Crippen molar-refractivity contribution in [2.75, 3.05) is 24.5 Å². The highest BCUT2D eigenvalue weighted by Gasteiger charge is 2.20. The Hall–Kier alpha value is -1.30. The number of anilines is 1. The van der Waals surface area contributed by atoms with Gasteiger partial charge in [-0.15, -0.1) is 0 Å². The van der Waals surface area contributed by atoms with E-state index < -0.39 is 6.43 Å². The molecule has 0 amide bonds. The van der Waals surface area contributed by atoms with Crippen molar-refractivity contribution in [3.8, 4) is 0 Å². The largest absolute Gasteiger partial charge is 0.349 e. The lowest BCUT2D eigenvalue weighted by Gasteiger charge is -2.25. The zero-order chi connectivity index (χ0) is 13.7. The number of halogens is 2. The Morgan fingerprint density at radius 2 is 2.00 bits per heavy atom. The lowest BCUT2D eigenvalue weighted by Crippen LogP contribution is -2.35. The van der Waals surface area contributed by atoms with Gasteiger partial charge in [0, 0.05) is 24.3 Å². The molecular formula is C13H20F2N4. The van der Waals surface area contributed by atoms with Crippen molar-refractivity contribution >= 4 is 5.82 Å². The van der Waals surface area contributed by atoms with Crippen molar-refractivity contribution in [3.63, 3.8) is 0 Å². The summed E-state index contributed by atoms with van der Waals surface area (Å²) in [5, 5.41) is 0. The zero-order valence-corrected chi connectivity index (χ0v) is 11.0. The molecule has 2 rings (SSSR count). The molecule has 1 aromatic rings. The van der Waals surface area contributed by atoms with Gasteiger partial charge in [-0.2, -0.15) is 0 Å². The van der Waals surface area contributed by atoms with Crippen LogP contribution in [0.4, 0.5) is 14.6 Å². The number of hydrogen-bond acceptors (Lipinski definition) is 4. The summed E-state index contributed by atoms with van der Waals surface area (Å²) < 4.78 is 25.4. The second-order valence-corrected chi connectivity index (χ2v) is 4.81. The lowest BCUT2D eigenvalue weighted by atomic mass is 10.1. The fourth-order valence-electron chi connectivity index (χ4n) is 2.56. The van der Waals surface area contributed by atoms with Gasteiger partial charge >= 0.3 is 0 Å². The maximum Gasteiger partial charge on any atom is 0.255 e. The van der Waals surface area contributed by atoms with E-state index in [4.69, 9.17) is 5.73 Å². The summed E-state index contributed by atoms with van der Waals surface area (Å²) >= 11 is 0. The van der Waals surface area contributed by atoms with E-state index in [2.05, 4.69) is 9.97 Å². The molecule has 0 fully saturated rings. The first-order chi connectivity index (χ1) is 9.22. The molecule has 1 aromatic heterocycles. The number of aryl methyl sites for hydroxylation is 1. The summed E-state index contributed by atoms with van der Waals surface area (Å²) in [5.74, 6) is 0.651. The quantitative estimate of drug-likeness (QED) is 0.829. The maximum atomic E-state index is 12.7. The standard InChI is InChI=1S/C13H20F2N4/c14-12(15)8-19(7-6-16)13-10-4-2-1-3-5-11(10)17-9-18-13/h9,12H,1-8,16H2. The van der Waals surface area contributed by atoms with Gasteiger partial charge in [-0.25, -0.2) is 18.7 Å². The Morgan fingerprint density at radius 3 is 2.74 bits per heavy atom. The predicted molar refractivity (Wildman–Crippen MR) is 70.6 cm³/mol. The number of aromatic nitrogens is 2. The SMILES string of the molecule is NCCN(CC(F)F)c1ncnc2c1CCCCC2. The molecule has 0 bridgehead atoms. The number of fused-ring (bicyclic) bond motifs is 1. The molecule has 4 nitrogen and oxygen atoms in total. The Labute approximate surface area is 112 Å². The second kappa shape index (κ2) is 6.75. The first kappa shape index (κ1) is 14.1. The molecular weight excluding hydrogens is 250 g/mol. The van der Waals surface area contributed by atoms with Crippen molar-refractivity contribution in [2.45, 2.75) is 38.5 Å². The van der Waals surface area contributed by atoms with Gasteiger partial charge in [0.25, 0.3) is 6.43 Å². The first-order valence-corrected chi connectivity index (χ1v) is 6.78. The van der Waals surface area contributed by atoms with Crippen molar-refractivity contribution in [3.05, 3.63) is 17.6 Å². The van der Waals surface area contributed by atoms with Gasteiger partial charge in [0.1, 0.15) is 12.1 Å². The van der Waals surface area contributed by atoms with Crippen molar-refractivity contribution in [2.24, 2.45) is 5.73 Å². The van der Waals surface area contributed by atoms with Gasteiger partial charge in [-0.05, 0) is 25.7 Å². The van der Waals surface area contributed by atoms with Crippen LogP contribution < -0.4 is 10.6 Å². The molecule has 0 unspecified atom stereocenters. The Morgan fingerprint density at radius 1 is 1.21 bits per heavy atom. The van der Waals surface area contributed by atoms with Gasteiger partial charge in [-0.3, -0.25) is 0 Å². The average Bonchev–Trinajstić information content (AvgIpc) is 2.62. The Kier molecular flexibility index (Phi) is 5.01.